The summed E-state index contributed by atoms with van der Waals surface area (Å²) in [5, 5.41) is 7.65. The number of hydrogen-bond acceptors (Lipinski definition) is 5. The first-order chi connectivity index (χ1) is 13.5. The van der Waals surface area contributed by atoms with Gasteiger partial charge in [0.25, 0.3) is 0 Å². The van der Waals surface area contributed by atoms with Gasteiger partial charge in [0.15, 0.2) is 5.96 Å². The summed E-state index contributed by atoms with van der Waals surface area (Å²) in [5.74, 6) is 1.44. The second-order valence-corrected chi connectivity index (χ2v) is 7.92. The molecule has 7 heteroatoms. The number of nitrogens with zero attached hydrogens (tertiary/aromatic N) is 3. The molecule has 3 rings (SSSR count). The van der Waals surface area contributed by atoms with Crippen LogP contribution >= 0.6 is 11.3 Å². The summed E-state index contributed by atoms with van der Waals surface area (Å²) in [7, 11) is 0. The molecule has 6 nitrogen and oxygen atoms in total. The molecule has 0 aliphatic heterocycles. The van der Waals surface area contributed by atoms with Crippen molar-refractivity contribution in [1.82, 2.24) is 20.6 Å². The lowest BCUT2D eigenvalue weighted by Gasteiger charge is -2.10. The molecule has 0 radical (unpaired) electrons. The molecule has 1 aromatic carbocycles. The smallest absolute Gasteiger partial charge is 0.226 e. The molecular formula is C21H27N5OS. The molecule has 0 aliphatic rings. The predicted molar refractivity (Wildman–Crippen MR) is 115 cm³/mol. The normalized spacial score (nSPS) is 11.6. The van der Waals surface area contributed by atoms with E-state index in [1.165, 1.54) is 10.4 Å². The number of aromatic nitrogens is 2. The number of thiazole rings is 1. The number of aryl methyl sites for hydroxylation is 3. The zero-order valence-corrected chi connectivity index (χ0v) is 17.7. The average Bonchev–Trinajstić information content (AvgIpc) is 3.27. The van der Waals surface area contributed by atoms with E-state index in [1.54, 1.807) is 17.6 Å². The number of nitrogens with one attached hydrogen (secondary N) is 2. The summed E-state index contributed by atoms with van der Waals surface area (Å²) in [4.78, 5) is 15.0. The minimum atomic E-state index is 0.580. The van der Waals surface area contributed by atoms with Gasteiger partial charge < -0.3 is 15.1 Å². The van der Waals surface area contributed by atoms with Gasteiger partial charge in [0.2, 0.25) is 5.89 Å². The summed E-state index contributed by atoms with van der Waals surface area (Å²) < 4.78 is 5.62. The molecule has 148 valence electrons. The molecule has 28 heavy (non-hydrogen) atoms. The summed E-state index contributed by atoms with van der Waals surface area (Å²) in [6.45, 7) is 10.4. The minimum absolute atomic E-state index is 0.580. The quantitative estimate of drug-likeness (QED) is 0.465. The van der Waals surface area contributed by atoms with Gasteiger partial charge in [0.1, 0.15) is 11.3 Å². The van der Waals surface area contributed by atoms with Crippen molar-refractivity contribution in [3.8, 4) is 11.5 Å². The molecule has 0 atom stereocenters. The van der Waals surface area contributed by atoms with E-state index in [1.807, 2.05) is 19.1 Å². The maximum absolute atomic E-state index is 5.62. The Morgan fingerprint density at radius 2 is 1.89 bits per heavy atom. The molecule has 0 saturated heterocycles. The fraction of sp³-hybridized carbons (Fsp3) is 0.381. The molecule has 0 bridgehead atoms. The van der Waals surface area contributed by atoms with Gasteiger partial charge >= 0.3 is 0 Å². The van der Waals surface area contributed by atoms with Crippen molar-refractivity contribution in [2.45, 2.75) is 40.7 Å². The third kappa shape index (κ3) is 5.42. The zero-order valence-electron chi connectivity index (χ0n) is 16.9. The van der Waals surface area contributed by atoms with E-state index in [4.69, 9.17) is 4.42 Å². The minimum Gasteiger partial charge on any atom is -0.444 e. The van der Waals surface area contributed by atoms with Crippen LogP contribution < -0.4 is 10.6 Å². The molecule has 0 fully saturated rings. The topological polar surface area (TPSA) is 75.3 Å². The molecule has 2 aromatic heterocycles. The van der Waals surface area contributed by atoms with Crippen molar-refractivity contribution < 1.29 is 4.42 Å². The Kier molecular flexibility index (Phi) is 6.81. The van der Waals surface area contributed by atoms with Gasteiger partial charge in [-0.15, -0.1) is 11.3 Å². The SMILES string of the molecule is CCNC(=NCc1nc(C)c(C)s1)NCCc1coc(-c2ccc(C)cc2)n1. The Hall–Kier alpha value is -2.67. The van der Waals surface area contributed by atoms with Crippen LogP contribution in [0.2, 0.25) is 0 Å². The van der Waals surface area contributed by atoms with Crippen LogP contribution in [0.5, 0.6) is 0 Å². The molecule has 3 aromatic rings. The van der Waals surface area contributed by atoms with Crippen LogP contribution in [0.3, 0.4) is 0 Å². The molecular weight excluding hydrogens is 370 g/mol. The monoisotopic (exact) mass is 397 g/mol. The van der Waals surface area contributed by atoms with Crippen LogP contribution in [0.1, 0.15) is 33.8 Å². The molecule has 0 unspecified atom stereocenters. The highest BCUT2D eigenvalue weighted by Gasteiger charge is 2.07. The van der Waals surface area contributed by atoms with Crippen molar-refractivity contribution in [3.63, 3.8) is 0 Å². The summed E-state index contributed by atoms with van der Waals surface area (Å²) in [6.07, 6.45) is 2.48. The Morgan fingerprint density at radius 1 is 1.11 bits per heavy atom. The maximum atomic E-state index is 5.62. The summed E-state index contributed by atoms with van der Waals surface area (Å²) in [6, 6.07) is 8.18. The summed E-state index contributed by atoms with van der Waals surface area (Å²) >= 11 is 1.70. The van der Waals surface area contributed by atoms with Gasteiger partial charge in [0.05, 0.1) is 17.9 Å². The van der Waals surface area contributed by atoms with Crippen molar-refractivity contribution in [2.75, 3.05) is 13.1 Å². The van der Waals surface area contributed by atoms with Gasteiger partial charge in [-0.05, 0) is 39.8 Å². The van der Waals surface area contributed by atoms with Crippen LogP contribution in [0.15, 0.2) is 39.9 Å². The van der Waals surface area contributed by atoms with Gasteiger partial charge in [-0.3, -0.25) is 0 Å². The van der Waals surface area contributed by atoms with Gasteiger partial charge in [-0.25, -0.2) is 15.0 Å². The van der Waals surface area contributed by atoms with Gasteiger partial charge in [-0.2, -0.15) is 0 Å². The van der Waals surface area contributed by atoms with Crippen molar-refractivity contribution >= 4 is 17.3 Å². The Balaban J connectivity index is 1.54. The third-order valence-electron chi connectivity index (χ3n) is 4.31. The van der Waals surface area contributed by atoms with Crippen molar-refractivity contribution in [1.29, 1.82) is 0 Å². The van der Waals surface area contributed by atoms with Gasteiger partial charge in [0, 0.05) is 30.0 Å². The average molecular weight is 398 g/mol. The molecule has 0 saturated carbocycles. The number of hydrogen-bond donors (Lipinski definition) is 2. The van der Waals surface area contributed by atoms with E-state index in [0.717, 1.165) is 47.4 Å². The number of aliphatic imine (C=N–C) groups is 1. The van der Waals surface area contributed by atoms with Crippen LogP contribution in [0.25, 0.3) is 11.5 Å². The van der Waals surface area contributed by atoms with E-state index >= 15 is 0 Å². The maximum Gasteiger partial charge on any atom is 0.226 e. The van der Waals surface area contributed by atoms with E-state index < -0.39 is 0 Å². The lowest BCUT2D eigenvalue weighted by Crippen LogP contribution is -2.38. The number of rotatable bonds is 7. The molecule has 0 spiro atoms. The fourth-order valence-corrected chi connectivity index (χ4v) is 3.51. The van der Waals surface area contributed by atoms with Crippen molar-refractivity contribution in [2.24, 2.45) is 4.99 Å². The number of oxazole rings is 1. The highest BCUT2D eigenvalue weighted by atomic mass is 32.1. The van der Waals surface area contributed by atoms with Gasteiger partial charge in [-0.1, -0.05) is 17.7 Å². The Labute approximate surface area is 170 Å². The fourth-order valence-electron chi connectivity index (χ4n) is 2.65. The Bertz CT molecular complexity index is 907. The Morgan fingerprint density at radius 3 is 2.57 bits per heavy atom. The molecule has 2 heterocycles. The van der Waals surface area contributed by atoms with Crippen molar-refractivity contribution in [3.05, 3.63) is 57.4 Å². The standard InChI is InChI=1S/C21H27N5OS/c1-5-22-21(24-12-19-25-15(3)16(4)28-19)23-11-10-18-13-27-20(26-18)17-8-6-14(2)7-9-17/h6-9,13H,5,10-12H2,1-4H3,(H2,22,23,24). The van der Waals surface area contributed by atoms with E-state index in [9.17, 15) is 0 Å². The van der Waals surface area contributed by atoms with E-state index in [0.29, 0.717) is 12.4 Å². The molecule has 0 amide bonds. The lowest BCUT2D eigenvalue weighted by molar-refractivity contribution is 0.572. The first-order valence-electron chi connectivity index (χ1n) is 9.51. The molecule has 2 N–H and O–H groups in total. The second-order valence-electron chi connectivity index (χ2n) is 6.63. The zero-order chi connectivity index (χ0) is 19.9. The first kappa shape index (κ1) is 20.1. The predicted octanol–water partition coefficient (Wildman–Crippen LogP) is 4.02. The molecule has 0 aliphatic carbocycles. The van der Waals surface area contributed by atoms with Crippen LogP contribution in [-0.4, -0.2) is 29.0 Å². The second kappa shape index (κ2) is 9.50. The summed E-state index contributed by atoms with van der Waals surface area (Å²) in [5.41, 5.74) is 4.22. The lowest BCUT2D eigenvalue weighted by atomic mass is 10.1. The van der Waals surface area contributed by atoms with Crippen LogP contribution in [0, 0.1) is 20.8 Å². The van der Waals surface area contributed by atoms with E-state index in [2.05, 4.69) is 58.5 Å². The highest BCUT2D eigenvalue weighted by Crippen LogP contribution is 2.19. The number of guanidine groups is 1. The van der Waals surface area contributed by atoms with Crippen LogP contribution in [0.4, 0.5) is 0 Å². The van der Waals surface area contributed by atoms with Crippen LogP contribution in [-0.2, 0) is 13.0 Å². The highest BCUT2D eigenvalue weighted by molar-refractivity contribution is 7.11. The largest absolute Gasteiger partial charge is 0.444 e. The first-order valence-corrected chi connectivity index (χ1v) is 10.3. The van der Waals surface area contributed by atoms with E-state index in [-0.39, 0.29) is 0 Å². The third-order valence-corrected chi connectivity index (χ3v) is 5.37. The number of benzene rings is 1.